The second-order valence-corrected chi connectivity index (χ2v) is 18.8. The molecule has 0 atom stereocenters. The van der Waals surface area contributed by atoms with Gasteiger partial charge in [0.2, 0.25) is 0 Å². The maximum atomic E-state index is 4.80. The fraction of sp³-hybridized carbons (Fsp3) is 0.302. The third-order valence-corrected chi connectivity index (χ3v) is 12.9. The minimum Gasteiger partial charge on any atom is -1.00 e. The summed E-state index contributed by atoms with van der Waals surface area (Å²) in [5.74, 6) is 0. The molecule has 2 aliphatic carbocycles. The molecular formula is C43H46Cl2Zr. The Labute approximate surface area is 300 Å². The van der Waals surface area contributed by atoms with Gasteiger partial charge in [-0.1, -0.05) is 0 Å². The van der Waals surface area contributed by atoms with E-state index in [0.717, 1.165) is 6.42 Å². The molecule has 0 saturated carbocycles. The molecule has 4 aromatic carbocycles. The summed E-state index contributed by atoms with van der Waals surface area (Å²) in [7, 11) is 0. The van der Waals surface area contributed by atoms with E-state index in [1.165, 1.54) is 68.7 Å². The van der Waals surface area contributed by atoms with Crippen molar-refractivity contribution >= 4 is 18.7 Å². The molecule has 0 unspecified atom stereocenters. The van der Waals surface area contributed by atoms with E-state index in [4.69, 9.17) is 6.58 Å². The van der Waals surface area contributed by atoms with E-state index in [1.807, 2.05) is 0 Å². The summed E-state index contributed by atoms with van der Waals surface area (Å²) < 4.78 is 3.12. The zero-order valence-corrected chi connectivity index (χ0v) is 32.8. The topological polar surface area (TPSA) is 0 Å². The number of rotatable bonds is 4. The first-order valence-electron chi connectivity index (χ1n) is 16.0. The molecule has 0 aromatic heterocycles. The first-order valence-corrected chi connectivity index (χ1v) is 18.5. The average molecular weight is 725 g/mol. The number of benzene rings is 4. The Hall–Kier alpha value is -2.44. The van der Waals surface area contributed by atoms with Crippen molar-refractivity contribution in [3.63, 3.8) is 0 Å². The summed E-state index contributed by atoms with van der Waals surface area (Å²) in [4.78, 5) is 0. The fourth-order valence-electron chi connectivity index (χ4n) is 6.70. The molecule has 0 heterocycles. The Balaban J connectivity index is 0.00000240. The van der Waals surface area contributed by atoms with Crippen molar-refractivity contribution in [2.75, 3.05) is 0 Å². The van der Waals surface area contributed by atoms with Gasteiger partial charge in [0.1, 0.15) is 0 Å². The molecule has 3 heteroatoms. The van der Waals surface area contributed by atoms with E-state index >= 15 is 0 Å². The van der Waals surface area contributed by atoms with Gasteiger partial charge in [-0.05, 0) is 0 Å². The number of fused-ring (bicyclic) bond motifs is 2. The second-order valence-electron chi connectivity index (χ2n) is 15.7. The Morgan fingerprint density at radius 1 is 0.630 bits per heavy atom. The SMILES string of the molecule is C=c1c(C(C)(C)C)cc2c(c1C1=CC=CC1)[C]([Zr+2][c]1ccccc1-c1ccc(C(C)(C)C)cc1)=c1ccc(C(C)(C)C)cc1=2.[Cl-].[Cl-]. The minimum absolute atomic E-state index is 0. The molecule has 0 N–H and O–H groups in total. The van der Waals surface area contributed by atoms with Crippen molar-refractivity contribution in [1.82, 2.24) is 0 Å². The number of hydrogen-bond acceptors (Lipinski definition) is 0. The van der Waals surface area contributed by atoms with Crippen LogP contribution in [0.1, 0.15) is 96.6 Å². The van der Waals surface area contributed by atoms with Gasteiger partial charge in [-0.15, -0.1) is 0 Å². The smallest absolute Gasteiger partial charge is 1.00 e. The van der Waals surface area contributed by atoms with Crippen molar-refractivity contribution in [2.24, 2.45) is 0 Å². The summed E-state index contributed by atoms with van der Waals surface area (Å²) in [5.41, 5.74) is 11.3. The van der Waals surface area contributed by atoms with Crippen molar-refractivity contribution in [1.29, 1.82) is 0 Å². The largest absolute Gasteiger partial charge is 1.00 e. The molecule has 2 aliphatic rings. The molecular weight excluding hydrogens is 679 g/mol. The van der Waals surface area contributed by atoms with E-state index in [1.54, 1.807) is 3.28 Å². The van der Waals surface area contributed by atoms with Gasteiger partial charge in [-0.25, -0.2) is 0 Å². The number of hydrogen-bond donors (Lipinski definition) is 0. The van der Waals surface area contributed by atoms with E-state index in [9.17, 15) is 0 Å². The van der Waals surface area contributed by atoms with Gasteiger partial charge in [-0.2, -0.15) is 0 Å². The van der Waals surface area contributed by atoms with Crippen LogP contribution in [0.25, 0.3) is 26.6 Å². The van der Waals surface area contributed by atoms with Crippen molar-refractivity contribution in [3.05, 3.63) is 140 Å². The zero-order chi connectivity index (χ0) is 31.6. The van der Waals surface area contributed by atoms with Crippen molar-refractivity contribution < 1.29 is 48.0 Å². The summed E-state index contributed by atoms with van der Waals surface area (Å²) in [5, 5.41) is 5.47. The molecule has 0 saturated heterocycles. The van der Waals surface area contributed by atoms with Gasteiger partial charge in [0, 0.05) is 0 Å². The van der Waals surface area contributed by atoms with Crippen LogP contribution in [0.3, 0.4) is 0 Å². The summed E-state index contributed by atoms with van der Waals surface area (Å²) in [6.07, 6.45) is 7.82. The van der Waals surface area contributed by atoms with Crippen molar-refractivity contribution in [3.8, 4) is 11.1 Å². The minimum atomic E-state index is -1.27. The molecule has 0 fully saturated rings. The normalized spacial score (nSPS) is 13.8. The quantitative estimate of drug-likeness (QED) is 0.304. The molecule has 46 heavy (non-hydrogen) atoms. The third-order valence-electron chi connectivity index (χ3n) is 9.28. The molecule has 0 radical (unpaired) electrons. The van der Waals surface area contributed by atoms with Crippen molar-refractivity contribution in [2.45, 2.75) is 85.0 Å². The molecule has 6 rings (SSSR count). The van der Waals surface area contributed by atoms with Crippen LogP contribution in [0.2, 0.25) is 0 Å². The predicted octanol–water partition coefficient (Wildman–Crippen LogP) is 3.17. The fourth-order valence-corrected chi connectivity index (χ4v) is 10.5. The zero-order valence-electron chi connectivity index (χ0n) is 28.8. The molecule has 0 aliphatic heterocycles. The summed E-state index contributed by atoms with van der Waals surface area (Å²) in [6.45, 7) is 25.6. The van der Waals surface area contributed by atoms with Gasteiger partial charge in [0.15, 0.2) is 0 Å². The van der Waals surface area contributed by atoms with Crippen LogP contribution in [-0.2, 0) is 39.5 Å². The second kappa shape index (κ2) is 13.2. The van der Waals surface area contributed by atoms with Gasteiger partial charge < -0.3 is 24.8 Å². The van der Waals surface area contributed by atoms with E-state index in [0.29, 0.717) is 0 Å². The number of allylic oxidation sites excluding steroid dienone is 4. The van der Waals surface area contributed by atoms with Gasteiger partial charge >= 0.3 is 278 Å². The van der Waals surface area contributed by atoms with Crippen LogP contribution >= 0.6 is 0 Å². The molecule has 0 bridgehead atoms. The van der Waals surface area contributed by atoms with Crippen LogP contribution in [0.15, 0.2) is 91.0 Å². The standard InChI is InChI=1S/C27H29.C16H17.2ClH.Zr/c1-17-24(27(5,6)7)16-22-21-15-20(26(2,3)4)13-12-19(21)14-23(22)25(17)18-10-8-9-11-18;1-16(2,3)15-11-9-14(10-12-15)13-7-5-4-6-8-13;;;/h8-10,12-13,15-16H,1,11H2,2-7H3;4-7,9-12H,1-3H3;2*1H;/q;;;;+2/p-2. The molecule has 0 spiro atoms. The molecule has 0 amide bonds. The Kier molecular flexibility index (Phi) is 10.5. The monoisotopic (exact) mass is 722 g/mol. The van der Waals surface area contributed by atoms with Crippen LogP contribution in [-0.4, -0.2) is 0 Å². The Bertz CT molecular complexity index is 2060. The molecule has 4 aromatic rings. The van der Waals surface area contributed by atoms with Gasteiger partial charge in [-0.3, -0.25) is 0 Å². The van der Waals surface area contributed by atoms with Gasteiger partial charge in [0.05, 0.1) is 0 Å². The average Bonchev–Trinajstić information content (AvgIpc) is 3.58. The van der Waals surface area contributed by atoms with E-state index in [-0.39, 0.29) is 41.1 Å². The molecule has 236 valence electrons. The number of halogens is 2. The Morgan fingerprint density at radius 2 is 1.26 bits per heavy atom. The van der Waals surface area contributed by atoms with Crippen LogP contribution in [0.4, 0.5) is 0 Å². The summed E-state index contributed by atoms with van der Waals surface area (Å²) in [6, 6.07) is 28.3. The maximum Gasteiger partial charge on any atom is -1.00 e. The first kappa shape index (κ1) is 36.4. The first-order chi connectivity index (χ1) is 20.6. The van der Waals surface area contributed by atoms with Crippen LogP contribution in [0.5, 0.6) is 0 Å². The van der Waals surface area contributed by atoms with E-state index < -0.39 is 23.2 Å². The van der Waals surface area contributed by atoms with Crippen LogP contribution in [0, 0.1) is 10.4 Å². The maximum absolute atomic E-state index is 4.80. The van der Waals surface area contributed by atoms with E-state index in [2.05, 4.69) is 153 Å². The Morgan fingerprint density at radius 3 is 1.85 bits per heavy atom. The third kappa shape index (κ3) is 6.76. The molecule has 0 nitrogen and oxygen atoms in total. The predicted molar refractivity (Wildman–Crippen MR) is 187 cm³/mol. The summed E-state index contributed by atoms with van der Waals surface area (Å²) >= 11 is -1.27. The van der Waals surface area contributed by atoms with Gasteiger partial charge in [0.25, 0.3) is 0 Å². The van der Waals surface area contributed by atoms with Crippen LogP contribution < -0.4 is 38.5 Å².